The number of nitrogens with zero attached hydrogens (tertiary/aromatic N) is 3. The number of sulfonamides is 1. The Kier molecular flexibility index (Phi) is 6.41. The highest BCUT2D eigenvalue weighted by atomic mass is 35.5. The maximum Gasteiger partial charge on any atom is 0.246 e. The molecule has 0 unspecified atom stereocenters. The molecule has 1 saturated heterocycles. The molecule has 0 radical (unpaired) electrons. The van der Waals surface area contributed by atoms with Gasteiger partial charge in [0.05, 0.1) is 12.8 Å². The van der Waals surface area contributed by atoms with Gasteiger partial charge in [0.25, 0.3) is 0 Å². The number of halogens is 3. The van der Waals surface area contributed by atoms with Crippen LogP contribution in [0.3, 0.4) is 0 Å². The molecule has 6 nitrogen and oxygen atoms in total. The maximum absolute atomic E-state index is 13.7. The highest BCUT2D eigenvalue weighted by molar-refractivity contribution is 7.89. The molecule has 2 heterocycles. The number of methoxy groups -OCH3 is 1. The molecule has 1 fully saturated rings. The van der Waals surface area contributed by atoms with Gasteiger partial charge in [0.15, 0.2) is 5.13 Å². The van der Waals surface area contributed by atoms with Crippen molar-refractivity contribution in [3.8, 4) is 17.0 Å². The molecule has 0 N–H and O–H groups in total. The van der Waals surface area contributed by atoms with E-state index in [0.717, 1.165) is 5.13 Å². The van der Waals surface area contributed by atoms with E-state index in [9.17, 15) is 12.8 Å². The third kappa shape index (κ3) is 4.65. The van der Waals surface area contributed by atoms with Crippen LogP contribution in [-0.2, 0) is 10.0 Å². The lowest BCUT2D eigenvalue weighted by Crippen LogP contribution is -2.48. The lowest BCUT2D eigenvalue weighted by atomic mass is 10.2. The molecule has 0 aliphatic carbocycles. The molecule has 4 rings (SSSR count). The number of aromatic nitrogens is 1. The molecule has 31 heavy (non-hydrogen) atoms. The van der Waals surface area contributed by atoms with E-state index in [1.54, 1.807) is 18.2 Å². The molecule has 0 bridgehead atoms. The van der Waals surface area contributed by atoms with Crippen molar-refractivity contribution in [1.82, 2.24) is 9.29 Å². The number of thiazole rings is 1. The molecule has 0 spiro atoms. The van der Waals surface area contributed by atoms with E-state index in [2.05, 4.69) is 4.98 Å². The maximum atomic E-state index is 13.7. The zero-order valence-electron chi connectivity index (χ0n) is 16.4. The number of ether oxygens (including phenoxy) is 1. The first-order chi connectivity index (χ1) is 14.8. The Morgan fingerprint density at radius 3 is 2.48 bits per heavy atom. The summed E-state index contributed by atoms with van der Waals surface area (Å²) < 4.78 is 46.5. The summed E-state index contributed by atoms with van der Waals surface area (Å²) in [4.78, 5) is 6.65. The summed E-state index contributed by atoms with van der Waals surface area (Å²) in [7, 11) is -2.33. The molecule has 0 saturated carbocycles. The van der Waals surface area contributed by atoms with Crippen LogP contribution in [0.15, 0.2) is 46.7 Å². The van der Waals surface area contributed by atoms with Crippen molar-refractivity contribution in [3.05, 3.63) is 57.6 Å². The van der Waals surface area contributed by atoms with Crippen molar-refractivity contribution in [2.75, 3.05) is 38.2 Å². The van der Waals surface area contributed by atoms with E-state index in [1.807, 2.05) is 10.3 Å². The van der Waals surface area contributed by atoms with Crippen LogP contribution in [0, 0.1) is 5.82 Å². The average molecular weight is 502 g/mol. The van der Waals surface area contributed by atoms with Gasteiger partial charge in [0, 0.05) is 47.2 Å². The Labute approximate surface area is 193 Å². The highest BCUT2D eigenvalue weighted by Crippen LogP contribution is 2.32. The van der Waals surface area contributed by atoms with Gasteiger partial charge < -0.3 is 9.64 Å². The van der Waals surface area contributed by atoms with Crippen LogP contribution in [0.25, 0.3) is 11.3 Å². The Morgan fingerprint density at radius 2 is 1.81 bits per heavy atom. The fraction of sp³-hybridized carbons (Fsp3) is 0.250. The Bertz CT molecular complexity index is 1190. The summed E-state index contributed by atoms with van der Waals surface area (Å²) in [6.45, 7) is 1.52. The van der Waals surface area contributed by atoms with Crippen molar-refractivity contribution in [3.63, 3.8) is 0 Å². The van der Waals surface area contributed by atoms with Gasteiger partial charge in [-0.05, 0) is 36.4 Å². The van der Waals surface area contributed by atoms with Gasteiger partial charge >= 0.3 is 0 Å². The van der Waals surface area contributed by atoms with Gasteiger partial charge in [-0.25, -0.2) is 17.8 Å². The second-order valence-corrected chi connectivity index (χ2v) is 10.5. The normalized spacial score (nSPS) is 15.3. The third-order valence-corrected chi connectivity index (χ3v) is 8.18. The van der Waals surface area contributed by atoms with Crippen LogP contribution in [0.4, 0.5) is 9.52 Å². The van der Waals surface area contributed by atoms with Gasteiger partial charge in [-0.15, -0.1) is 11.3 Å². The second-order valence-electron chi connectivity index (χ2n) is 6.86. The Morgan fingerprint density at radius 1 is 1.06 bits per heavy atom. The summed E-state index contributed by atoms with van der Waals surface area (Å²) in [6, 6.07) is 8.82. The van der Waals surface area contributed by atoms with Crippen LogP contribution in [0.2, 0.25) is 10.0 Å². The van der Waals surface area contributed by atoms with E-state index in [4.69, 9.17) is 27.9 Å². The number of anilines is 1. The molecule has 0 amide bonds. The van der Waals surface area contributed by atoms with Gasteiger partial charge in [-0.2, -0.15) is 4.31 Å². The number of piperazine rings is 1. The first kappa shape index (κ1) is 22.3. The van der Waals surface area contributed by atoms with Gasteiger partial charge in [-0.1, -0.05) is 23.2 Å². The van der Waals surface area contributed by atoms with Crippen LogP contribution in [0.5, 0.6) is 5.75 Å². The smallest absolute Gasteiger partial charge is 0.246 e. The van der Waals surface area contributed by atoms with Gasteiger partial charge in [-0.3, -0.25) is 0 Å². The molecular formula is C20H18Cl2FN3O3S2. The predicted molar refractivity (Wildman–Crippen MR) is 121 cm³/mol. The number of rotatable bonds is 5. The summed E-state index contributed by atoms with van der Waals surface area (Å²) >= 11 is 13.4. The van der Waals surface area contributed by atoms with Gasteiger partial charge in [0.2, 0.25) is 10.0 Å². The zero-order valence-corrected chi connectivity index (χ0v) is 19.5. The topological polar surface area (TPSA) is 62.7 Å². The molecular weight excluding hydrogens is 484 g/mol. The van der Waals surface area contributed by atoms with E-state index in [0.29, 0.717) is 47.5 Å². The molecule has 1 aromatic heterocycles. The predicted octanol–water partition coefficient (Wildman–Crippen LogP) is 4.78. The standard InChI is InChI=1S/C20H18Cl2FN3O3S2/c1-29-18-3-2-14(21)11-19(18)31(27,28)26-6-4-25(5-7-26)20-24-17(12-30-20)13-8-15(22)10-16(23)9-13/h2-3,8-12H,4-7H2,1H3. The molecule has 3 aromatic rings. The summed E-state index contributed by atoms with van der Waals surface area (Å²) in [5.41, 5.74) is 1.22. The largest absolute Gasteiger partial charge is 0.495 e. The second kappa shape index (κ2) is 8.91. The van der Waals surface area contributed by atoms with Crippen LogP contribution in [0.1, 0.15) is 0 Å². The lowest BCUT2D eigenvalue weighted by Gasteiger charge is -2.34. The number of hydrogen-bond acceptors (Lipinski definition) is 6. The van der Waals surface area contributed by atoms with Crippen molar-refractivity contribution < 1.29 is 17.5 Å². The zero-order chi connectivity index (χ0) is 22.2. The Hall–Kier alpha value is -1.91. The molecule has 1 aliphatic heterocycles. The monoisotopic (exact) mass is 501 g/mol. The number of benzene rings is 2. The molecule has 2 aromatic carbocycles. The van der Waals surface area contributed by atoms with E-state index in [-0.39, 0.29) is 10.6 Å². The summed E-state index contributed by atoms with van der Waals surface area (Å²) in [5, 5.41) is 3.21. The number of hydrogen-bond donors (Lipinski definition) is 0. The minimum Gasteiger partial charge on any atom is -0.495 e. The van der Waals surface area contributed by atoms with Gasteiger partial charge in [0.1, 0.15) is 16.5 Å². The minimum absolute atomic E-state index is 0.0514. The molecule has 11 heteroatoms. The first-order valence-corrected chi connectivity index (χ1v) is 12.4. The van der Waals surface area contributed by atoms with Crippen molar-refractivity contribution >= 4 is 49.7 Å². The first-order valence-electron chi connectivity index (χ1n) is 9.28. The van der Waals surface area contributed by atoms with E-state index in [1.165, 1.54) is 41.0 Å². The van der Waals surface area contributed by atoms with E-state index < -0.39 is 15.8 Å². The fourth-order valence-electron chi connectivity index (χ4n) is 3.35. The SMILES string of the molecule is COc1ccc(Cl)cc1S(=O)(=O)N1CCN(c2nc(-c3cc(F)cc(Cl)c3)cs2)CC1. The minimum atomic E-state index is -3.76. The fourth-order valence-corrected chi connectivity index (χ4v) is 6.31. The van der Waals surface area contributed by atoms with Crippen molar-refractivity contribution in [2.24, 2.45) is 0 Å². The Balaban J connectivity index is 1.49. The summed E-state index contributed by atoms with van der Waals surface area (Å²) in [5.74, 6) is -0.169. The molecule has 0 atom stereocenters. The van der Waals surface area contributed by atoms with Crippen LogP contribution in [-0.4, -0.2) is 51.0 Å². The van der Waals surface area contributed by atoms with Crippen molar-refractivity contribution in [2.45, 2.75) is 4.90 Å². The quantitative estimate of drug-likeness (QED) is 0.503. The van der Waals surface area contributed by atoms with Crippen LogP contribution < -0.4 is 9.64 Å². The molecule has 164 valence electrons. The summed E-state index contributed by atoms with van der Waals surface area (Å²) in [6.07, 6.45) is 0. The average Bonchev–Trinajstić information content (AvgIpc) is 3.23. The highest BCUT2D eigenvalue weighted by Gasteiger charge is 2.31. The lowest BCUT2D eigenvalue weighted by molar-refractivity contribution is 0.374. The van der Waals surface area contributed by atoms with Crippen molar-refractivity contribution in [1.29, 1.82) is 0 Å². The third-order valence-electron chi connectivity index (χ3n) is 4.90. The molecule has 1 aliphatic rings. The van der Waals surface area contributed by atoms with Crippen LogP contribution >= 0.6 is 34.5 Å². The van der Waals surface area contributed by atoms with E-state index >= 15 is 0 Å².